The van der Waals surface area contributed by atoms with Crippen molar-refractivity contribution in [3.05, 3.63) is 23.8 Å². The van der Waals surface area contributed by atoms with E-state index in [0.717, 1.165) is 16.9 Å². The van der Waals surface area contributed by atoms with E-state index < -0.39 is 0 Å². The Morgan fingerprint density at radius 3 is 2.60 bits per heavy atom. The molecule has 84 valence electrons. The normalized spacial score (nSPS) is 12.9. The number of hydrogen-bond donors (Lipinski definition) is 3. The molecule has 1 atom stereocenters. The summed E-state index contributed by atoms with van der Waals surface area (Å²) < 4.78 is 0. The van der Waals surface area contributed by atoms with Crippen LogP contribution in [0.4, 0.5) is 11.4 Å². The van der Waals surface area contributed by atoms with Crippen molar-refractivity contribution in [3.8, 4) is 0 Å². The number of aryl methyl sites for hydroxylation is 1. The standard InChI is InChI=1S/C12H20N2O/c1-8(2)11(7-15)14-10-6-4-5-9(3)12(10)13/h4-6,8,11,14-15H,7,13H2,1-3H3. The lowest BCUT2D eigenvalue weighted by Gasteiger charge is -2.22. The van der Waals surface area contributed by atoms with Crippen molar-refractivity contribution in [2.45, 2.75) is 26.8 Å². The van der Waals surface area contributed by atoms with E-state index in [2.05, 4.69) is 19.2 Å². The molecule has 1 rings (SSSR count). The number of anilines is 2. The number of nitrogen functional groups attached to an aromatic ring is 1. The van der Waals surface area contributed by atoms with Gasteiger partial charge in [-0.25, -0.2) is 0 Å². The fourth-order valence-corrected chi connectivity index (χ4v) is 1.43. The Kier molecular flexibility index (Phi) is 3.97. The van der Waals surface area contributed by atoms with Crippen LogP contribution in [0.5, 0.6) is 0 Å². The van der Waals surface area contributed by atoms with Gasteiger partial charge in [-0.05, 0) is 24.5 Å². The molecule has 3 heteroatoms. The molecule has 3 nitrogen and oxygen atoms in total. The fourth-order valence-electron chi connectivity index (χ4n) is 1.43. The number of aliphatic hydroxyl groups is 1. The molecular formula is C12H20N2O. The zero-order valence-electron chi connectivity index (χ0n) is 9.62. The minimum absolute atomic E-state index is 0.0501. The van der Waals surface area contributed by atoms with E-state index >= 15 is 0 Å². The highest BCUT2D eigenvalue weighted by Gasteiger charge is 2.13. The van der Waals surface area contributed by atoms with E-state index in [0.29, 0.717) is 5.92 Å². The van der Waals surface area contributed by atoms with E-state index in [1.165, 1.54) is 0 Å². The Hall–Kier alpha value is -1.22. The second kappa shape index (κ2) is 5.03. The van der Waals surface area contributed by atoms with Gasteiger partial charge in [-0.3, -0.25) is 0 Å². The van der Waals surface area contributed by atoms with E-state index in [1.54, 1.807) is 0 Å². The molecule has 0 aliphatic heterocycles. The molecule has 0 radical (unpaired) electrons. The molecule has 1 aromatic rings. The maximum absolute atomic E-state index is 9.21. The SMILES string of the molecule is Cc1cccc(NC(CO)C(C)C)c1N. The lowest BCUT2D eigenvalue weighted by atomic mass is 10.0. The van der Waals surface area contributed by atoms with Gasteiger partial charge in [-0.1, -0.05) is 26.0 Å². The van der Waals surface area contributed by atoms with Gasteiger partial charge in [0.25, 0.3) is 0 Å². The van der Waals surface area contributed by atoms with Crippen LogP contribution in [-0.4, -0.2) is 17.8 Å². The smallest absolute Gasteiger partial charge is 0.0635 e. The van der Waals surface area contributed by atoms with Crippen molar-refractivity contribution in [1.29, 1.82) is 0 Å². The predicted molar refractivity (Wildman–Crippen MR) is 64.9 cm³/mol. The van der Waals surface area contributed by atoms with Gasteiger partial charge in [0, 0.05) is 0 Å². The molecule has 1 aromatic carbocycles. The lowest BCUT2D eigenvalue weighted by molar-refractivity contribution is 0.249. The molecule has 1 unspecified atom stereocenters. The molecule has 0 bridgehead atoms. The van der Waals surface area contributed by atoms with Crippen LogP contribution in [0, 0.1) is 12.8 Å². The topological polar surface area (TPSA) is 58.3 Å². The van der Waals surface area contributed by atoms with Gasteiger partial charge in [0.2, 0.25) is 0 Å². The Labute approximate surface area is 91.3 Å². The maximum atomic E-state index is 9.21. The first-order chi connectivity index (χ1) is 7.06. The minimum Gasteiger partial charge on any atom is -0.397 e. The molecule has 0 aliphatic carbocycles. The number of benzene rings is 1. The number of rotatable bonds is 4. The molecule has 0 saturated carbocycles. The average Bonchev–Trinajstić information content (AvgIpc) is 2.19. The number of hydrogen-bond acceptors (Lipinski definition) is 3. The van der Waals surface area contributed by atoms with Crippen molar-refractivity contribution in [2.75, 3.05) is 17.7 Å². The van der Waals surface area contributed by atoms with Crippen LogP contribution in [0.1, 0.15) is 19.4 Å². The second-order valence-corrected chi connectivity index (χ2v) is 4.21. The summed E-state index contributed by atoms with van der Waals surface area (Å²) in [5, 5.41) is 12.5. The van der Waals surface area contributed by atoms with Gasteiger partial charge in [0.05, 0.1) is 24.0 Å². The number of nitrogens with one attached hydrogen (secondary N) is 1. The van der Waals surface area contributed by atoms with Gasteiger partial charge >= 0.3 is 0 Å². The summed E-state index contributed by atoms with van der Waals surface area (Å²) in [6.07, 6.45) is 0. The van der Waals surface area contributed by atoms with Crippen LogP contribution < -0.4 is 11.1 Å². The summed E-state index contributed by atoms with van der Waals surface area (Å²) in [5.41, 5.74) is 8.66. The van der Waals surface area contributed by atoms with Crippen molar-refractivity contribution in [3.63, 3.8) is 0 Å². The van der Waals surface area contributed by atoms with Gasteiger partial charge in [0.1, 0.15) is 0 Å². The average molecular weight is 208 g/mol. The summed E-state index contributed by atoms with van der Waals surface area (Å²) in [4.78, 5) is 0. The molecule has 0 aliphatic rings. The third-order valence-corrected chi connectivity index (χ3v) is 2.67. The lowest BCUT2D eigenvalue weighted by Crippen LogP contribution is -2.29. The van der Waals surface area contributed by atoms with Gasteiger partial charge in [0.15, 0.2) is 0 Å². The summed E-state index contributed by atoms with van der Waals surface area (Å²) in [6, 6.07) is 5.93. The minimum atomic E-state index is 0.0501. The van der Waals surface area contributed by atoms with E-state index in [-0.39, 0.29) is 12.6 Å². The Balaban J connectivity index is 2.84. The van der Waals surface area contributed by atoms with Crippen LogP contribution in [0.15, 0.2) is 18.2 Å². The summed E-state index contributed by atoms with van der Waals surface area (Å²) >= 11 is 0. The highest BCUT2D eigenvalue weighted by molar-refractivity contribution is 5.69. The summed E-state index contributed by atoms with van der Waals surface area (Å²) in [5.74, 6) is 0.370. The predicted octanol–water partition coefficient (Wildman–Crippen LogP) is 2.01. The summed E-state index contributed by atoms with van der Waals surface area (Å²) in [6.45, 7) is 6.23. The monoisotopic (exact) mass is 208 g/mol. The zero-order chi connectivity index (χ0) is 11.4. The molecule has 0 saturated heterocycles. The maximum Gasteiger partial charge on any atom is 0.0635 e. The van der Waals surface area contributed by atoms with E-state index in [1.807, 2.05) is 25.1 Å². The first kappa shape index (κ1) is 11.9. The number of para-hydroxylation sites is 1. The molecule has 0 heterocycles. The van der Waals surface area contributed by atoms with Crippen molar-refractivity contribution in [2.24, 2.45) is 5.92 Å². The molecule has 15 heavy (non-hydrogen) atoms. The highest BCUT2D eigenvalue weighted by atomic mass is 16.3. The van der Waals surface area contributed by atoms with E-state index in [9.17, 15) is 5.11 Å². The quantitative estimate of drug-likeness (QED) is 0.663. The van der Waals surface area contributed by atoms with Crippen LogP contribution >= 0.6 is 0 Å². The Morgan fingerprint density at radius 1 is 1.40 bits per heavy atom. The molecule has 0 fully saturated rings. The molecule has 4 N–H and O–H groups in total. The summed E-state index contributed by atoms with van der Waals surface area (Å²) in [7, 11) is 0. The van der Waals surface area contributed by atoms with Crippen molar-refractivity contribution in [1.82, 2.24) is 0 Å². The van der Waals surface area contributed by atoms with Crippen LogP contribution in [0.2, 0.25) is 0 Å². The first-order valence-electron chi connectivity index (χ1n) is 5.28. The van der Waals surface area contributed by atoms with Crippen molar-refractivity contribution >= 4 is 11.4 Å². The number of nitrogens with two attached hydrogens (primary N) is 1. The third kappa shape index (κ3) is 2.86. The van der Waals surface area contributed by atoms with Crippen LogP contribution in [0.25, 0.3) is 0 Å². The largest absolute Gasteiger partial charge is 0.397 e. The zero-order valence-corrected chi connectivity index (χ0v) is 9.62. The van der Waals surface area contributed by atoms with Crippen molar-refractivity contribution < 1.29 is 5.11 Å². The molecule has 0 spiro atoms. The first-order valence-corrected chi connectivity index (χ1v) is 5.28. The second-order valence-electron chi connectivity index (χ2n) is 4.21. The Bertz CT molecular complexity index is 323. The number of aliphatic hydroxyl groups excluding tert-OH is 1. The molecule has 0 amide bonds. The molecular weight excluding hydrogens is 188 g/mol. The molecule has 0 aromatic heterocycles. The highest BCUT2D eigenvalue weighted by Crippen LogP contribution is 2.23. The van der Waals surface area contributed by atoms with Gasteiger partial charge in [-0.2, -0.15) is 0 Å². The van der Waals surface area contributed by atoms with Gasteiger partial charge in [-0.15, -0.1) is 0 Å². The Morgan fingerprint density at radius 2 is 2.07 bits per heavy atom. The van der Waals surface area contributed by atoms with Crippen LogP contribution in [-0.2, 0) is 0 Å². The third-order valence-electron chi connectivity index (χ3n) is 2.67. The van der Waals surface area contributed by atoms with Gasteiger partial charge < -0.3 is 16.2 Å². The fraction of sp³-hybridized carbons (Fsp3) is 0.500. The van der Waals surface area contributed by atoms with Crippen LogP contribution in [0.3, 0.4) is 0 Å². The van der Waals surface area contributed by atoms with E-state index in [4.69, 9.17) is 5.73 Å².